The summed E-state index contributed by atoms with van der Waals surface area (Å²) in [7, 11) is 0. The van der Waals surface area contributed by atoms with Crippen molar-refractivity contribution >= 4 is 29.0 Å². The molecule has 0 aliphatic heterocycles. The van der Waals surface area contributed by atoms with Crippen LogP contribution >= 0.6 is 23.2 Å². The molecule has 1 aromatic carbocycles. The molecule has 0 radical (unpaired) electrons. The van der Waals surface area contributed by atoms with Crippen molar-refractivity contribution in [2.24, 2.45) is 0 Å². The normalized spacial score (nSPS) is 10.4. The molecule has 1 aromatic heterocycles. The molecule has 5 heteroatoms. The van der Waals surface area contributed by atoms with Gasteiger partial charge in [0.05, 0.1) is 6.20 Å². The third-order valence-electron chi connectivity index (χ3n) is 2.44. The van der Waals surface area contributed by atoms with E-state index in [1.165, 1.54) is 12.3 Å². The lowest BCUT2D eigenvalue weighted by atomic mass is 10.1. The lowest BCUT2D eigenvalue weighted by Crippen LogP contribution is -2.06. The van der Waals surface area contributed by atoms with Crippen molar-refractivity contribution in [3.8, 4) is 0 Å². The molecule has 0 unspecified atom stereocenters. The van der Waals surface area contributed by atoms with Crippen molar-refractivity contribution in [1.82, 2.24) is 4.98 Å². The van der Waals surface area contributed by atoms with E-state index < -0.39 is 0 Å². The Kier molecular flexibility index (Phi) is 4.39. The van der Waals surface area contributed by atoms with Crippen LogP contribution in [0.2, 0.25) is 10.0 Å². The van der Waals surface area contributed by atoms with E-state index in [4.69, 9.17) is 23.2 Å². The van der Waals surface area contributed by atoms with Gasteiger partial charge >= 0.3 is 0 Å². The van der Waals surface area contributed by atoms with E-state index in [0.29, 0.717) is 22.4 Å². The molecule has 0 atom stereocenters. The van der Waals surface area contributed by atoms with Gasteiger partial charge in [-0.2, -0.15) is 0 Å². The summed E-state index contributed by atoms with van der Waals surface area (Å²) in [4.78, 5) is 3.91. The molecule has 0 spiro atoms. The molecule has 1 N–H and O–H groups in total. The Morgan fingerprint density at radius 3 is 2.67 bits per heavy atom. The van der Waals surface area contributed by atoms with Crippen LogP contribution in [0.1, 0.15) is 5.56 Å². The first-order valence-corrected chi connectivity index (χ1v) is 6.20. The number of aromatic nitrogens is 1. The summed E-state index contributed by atoms with van der Waals surface area (Å²) in [6.45, 7) is 0.667. The zero-order chi connectivity index (χ0) is 13.0. The quantitative estimate of drug-likeness (QED) is 0.911. The number of benzene rings is 1. The molecule has 0 aliphatic carbocycles. The Morgan fingerprint density at radius 2 is 2.00 bits per heavy atom. The standard InChI is InChI=1S/C13H11Cl2FN2/c14-10-2-1-9(12(15)7-10)5-6-17-13-4-3-11(16)8-18-13/h1-4,7-8H,5-6H2,(H,17,18). The van der Waals surface area contributed by atoms with Crippen molar-refractivity contribution < 1.29 is 4.39 Å². The largest absolute Gasteiger partial charge is 0.370 e. The van der Waals surface area contributed by atoms with Crippen LogP contribution in [0.15, 0.2) is 36.5 Å². The zero-order valence-electron chi connectivity index (χ0n) is 9.46. The van der Waals surface area contributed by atoms with Crippen LogP contribution in [-0.2, 0) is 6.42 Å². The van der Waals surface area contributed by atoms with E-state index in [1.807, 2.05) is 6.07 Å². The maximum Gasteiger partial charge on any atom is 0.141 e. The first-order valence-electron chi connectivity index (χ1n) is 5.44. The Balaban J connectivity index is 1.90. The van der Waals surface area contributed by atoms with Crippen LogP contribution in [0.4, 0.5) is 10.2 Å². The van der Waals surface area contributed by atoms with Crippen molar-refractivity contribution in [1.29, 1.82) is 0 Å². The second kappa shape index (κ2) is 6.03. The van der Waals surface area contributed by atoms with Gasteiger partial charge in [-0.3, -0.25) is 0 Å². The molecular weight excluding hydrogens is 274 g/mol. The van der Waals surface area contributed by atoms with Gasteiger partial charge in [-0.25, -0.2) is 9.37 Å². The first kappa shape index (κ1) is 13.1. The molecule has 0 bridgehead atoms. The van der Waals surface area contributed by atoms with Crippen LogP contribution in [0.25, 0.3) is 0 Å². The molecule has 0 fully saturated rings. The van der Waals surface area contributed by atoms with Crippen molar-refractivity contribution in [3.05, 3.63) is 58.0 Å². The van der Waals surface area contributed by atoms with Gasteiger partial charge in [-0.15, -0.1) is 0 Å². The topological polar surface area (TPSA) is 24.9 Å². The molecule has 2 nitrogen and oxygen atoms in total. The molecule has 0 aliphatic rings. The highest BCUT2D eigenvalue weighted by Gasteiger charge is 2.01. The summed E-state index contributed by atoms with van der Waals surface area (Å²) in [5, 5.41) is 4.36. The van der Waals surface area contributed by atoms with Gasteiger partial charge in [-0.1, -0.05) is 29.3 Å². The van der Waals surface area contributed by atoms with E-state index >= 15 is 0 Å². The average molecular weight is 285 g/mol. The number of nitrogens with one attached hydrogen (secondary N) is 1. The molecule has 2 rings (SSSR count). The predicted octanol–water partition coefficient (Wildman–Crippen LogP) is 4.18. The second-order valence-electron chi connectivity index (χ2n) is 3.77. The van der Waals surface area contributed by atoms with Gasteiger partial charge < -0.3 is 5.32 Å². The zero-order valence-corrected chi connectivity index (χ0v) is 11.0. The number of hydrogen-bond donors (Lipinski definition) is 1. The van der Waals surface area contributed by atoms with E-state index in [9.17, 15) is 4.39 Å². The molecular formula is C13H11Cl2FN2. The van der Waals surface area contributed by atoms with Gasteiger partial charge in [0.25, 0.3) is 0 Å². The third-order valence-corrected chi connectivity index (χ3v) is 3.03. The number of rotatable bonds is 4. The second-order valence-corrected chi connectivity index (χ2v) is 4.62. The summed E-state index contributed by atoms with van der Waals surface area (Å²) < 4.78 is 12.6. The average Bonchev–Trinajstić information content (AvgIpc) is 2.34. The smallest absolute Gasteiger partial charge is 0.141 e. The molecule has 2 aromatic rings. The van der Waals surface area contributed by atoms with Crippen molar-refractivity contribution in [3.63, 3.8) is 0 Å². The Morgan fingerprint density at radius 1 is 1.17 bits per heavy atom. The van der Waals surface area contributed by atoms with Gasteiger partial charge in [0.1, 0.15) is 11.6 Å². The van der Waals surface area contributed by atoms with Crippen molar-refractivity contribution in [2.45, 2.75) is 6.42 Å². The van der Waals surface area contributed by atoms with Crippen LogP contribution in [0.5, 0.6) is 0 Å². The minimum atomic E-state index is -0.346. The summed E-state index contributed by atoms with van der Waals surface area (Å²) in [6.07, 6.45) is 1.92. The fourth-order valence-electron chi connectivity index (χ4n) is 1.53. The number of nitrogens with zero attached hydrogens (tertiary/aromatic N) is 1. The van der Waals surface area contributed by atoms with Crippen LogP contribution in [0, 0.1) is 5.82 Å². The van der Waals surface area contributed by atoms with Gasteiger partial charge in [0.15, 0.2) is 0 Å². The first-order chi connectivity index (χ1) is 8.65. The van der Waals surface area contributed by atoms with Gasteiger partial charge in [0, 0.05) is 16.6 Å². The SMILES string of the molecule is Fc1ccc(NCCc2ccc(Cl)cc2Cl)nc1. The highest BCUT2D eigenvalue weighted by atomic mass is 35.5. The number of hydrogen-bond acceptors (Lipinski definition) is 2. The molecule has 0 saturated heterocycles. The summed E-state index contributed by atoms with van der Waals surface area (Å²) in [5.41, 5.74) is 1.01. The molecule has 0 saturated carbocycles. The van der Waals surface area contributed by atoms with Gasteiger partial charge in [-0.05, 0) is 36.2 Å². The molecule has 18 heavy (non-hydrogen) atoms. The van der Waals surface area contributed by atoms with E-state index in [2.05, 4.69) is 10.3 Å². The van der Waals surface area contributed by atoms with E-state index in [0.717, 1.165) is 12.0 Å². The number of anilines is 1. The monoisotopic (exact) mass is 284 g/mol. The fourth-order valence-corrected chi connectivity index (χ4v) is 2.03. The fraction of sp³-hybridized carbons (Fsp3) is 0.154. The van der Waals surface area contributed by atoms with Crippen molar-refractivity contribution in [2.75, 3.05) is 11.9 Å². The minimum absolute atomic E-state index is 0.346. The lowest BCUT2D eigenvalue weighted by Gasteiger charge is -2.07. The number of pyridine rings is 1. The molecule has 0 amide bonds. The highest BCUT2D eigenvalue weighted by Crippen LogP contribution is 2.21. The predicted molar refractivity (Wildman–Crippen MR) is 72.9 cm³/mol. The summed E-state index contributed by atoms with van der Waals surface area (Å²) >= 11 is 11.9. The van der Waals surface area contributed by atoms with Crippen LogP contribution in [0.3, 0.4) is 0 Å². The third kappa shape index (κ3) is 3.59. The summed E-state index contributed by atoms with van der Waals surface area (Å²) in [5.74, 6) is 0.294. The van der Waals surface area contributed by atoms with Crippen LogP contribution in [-0.4, -0.2) is 11.5 Å². The summed E-state index contributed by atoms with van der Waals surface area (Å²) in [6, 6.07) is 8.38. The Bertz CT molecular complexity index is 529. The Labute approximate surface area is 115 Å². The number of halogens is 3. The van der Waals surface area contributed by atoms with E-state index in [-0.39, 0.29) is 5.82 Å². The lowest BCUT2D eigenvalue weighted by molar-refractivity contribution is 0.621. The molecule has 1 heterocycles. The van der Waals surface area contributed by atoms with Gasteiger partial charge in [0.2, 0.25) is 0 Å². The maximum atomic E-state index is 12.6. The van der Waals surface area contributed by atoms with E-state index in [1.54, 1.807) is 18.2 Å². The molecule has 94 valence electrons. The Hall–Kier alpha value is -1.32. The minimum Gasteiger partial charge on any atom is -0.370 e. The maximum absolute atomic E-state index is 12.6. The van der Waals surface area contributed by atoms with Crippen LogP contribution < -0.4 is 5.32 Å². The highest BCUT2D eigenvalue weighted by molar-refractivity contribution is 6.35.